The molecule has 0 radical (unpaired) electrons. The highest BCUT2D eigenvalue weighted by molar-refractivity contribution is 7.28. The first kappa shape index (κ1) is 23.6. The second kappa shape index (κ2) is 10.2. The molecule has 2 aromatic heterocycles. The number of amides is 2. The lowest BCUT2D eigenvalue weighted by molar-refractivity contribution is -0.142. The van der Waals surface area contributed by atoms with Gasteiger partial charge in [0.2, 0.25) is 5.91 Å². The van der Waals surface area contributed by atoms with Gasteiger partial charge in [0.1, 0.15) is 12.3 Å². The standard InChI is InChI=1S/C23H26ClN4O4P/c1-25-23(30)14-3-4-17(19(33)9-14)22-18(28-6-5-15(24)10-20(28)26-22)11-16-12-27(7-8-32-16)21(29)13-31-2/h3-6,9-10,16H,7-8,11-13,33H2,1-2H3,(H,25,30)/t16-/m0/s1. The highest BCUT2D eigenvalue weighted by Gasteiger charge is 2.27. The van der Waals surface area contributed by atoms with E-state index in [4.69, 9.17) is 26.1 Å². The summed E-state index contributed by atoms with van der Waals surface area (Å²) < 4.78 is 13.0. The quantitative estimate of drug-likeness (QED) is 0.536. The first-order valence-corrected chi connectivity index (χ1v) is 11.5. The fraction of sp³-hybridized carbons (Fsp3) is 0.348. The largest absolute Gasteiger partial charge is 0.375 e. The number of pyridine rings is 1. The molecule has 1 aliphatic rings. The number of ether oxygens (including phenoxy) is 2. The van der Waals surface area contributed by atoms with Crippen LogP contribution in [0.25, 0.3) is 16.9 Å². The van der Waals surface area contributed by atoms with E-state index in [1.165, 1.54) is 7.11 Å². The Bertz CT molecular complexity index is 1200. The van der Waals surface area contributed by atoms with Gasteiger partial charge in [-0.25, -0.2) is 4.98 Å². The van der Waals surface area contributed by atoms with E-state index in [1.807, 2.05) is 34.9 Å². The van der Waals surface area contributed by atoms with E-state index in [0.717, 1.165) is 27.9 Å². The summed E-state index contributed by atoms with van der Waals surface area (Å²) in [5, 5.41) is 4.09. The molecule has 0 spiro atoms. The highest BCUT2D eigenvalue weighted by atomic mass is 35.5. The van der Waals surface area contributed by atoms with Crippen molar-refractivity contribution < 1.29 is 19.1 Å². The van der Waals surface area contributed by atoms with Crippen molar-refractivity contribution in [3.8, 4) is 11.3 Å². The van der Waals surface area contributed by atoms with Gasteiger partial charge in [-0.2, -0.15) is 0 Å². The zero-order valence-corrected chi connectivity index (χ0v) is 20.4. The van der Waals surface area contributed by atoms with Gasteiger partial charge in [0, 0.05) is 62.1 Å². The molecule has 174 valence electrons. The van der Waals surface area contributed by atoms with Crippen LogP contribution in [0.5, 0.6) is 0 Å². The Morgan fingerprint density at radius 1 is 1.33 bits per heavy atom. The molecule has 3 aromatic rings. The zero-order valence-electron chi connectivity index (χ0n) is 18.5. The first-order valence-electron chi connectivity index (χ1n) is 10.6. The maximum atomic E-state index is 12.3. The number of imidazole rings is 1. The van der Waals surface area contributed by atoms with E-state index < -0.39 is 0 Å². The second-order valence-electron chi connectivity index (χ2n) is 7.83. The van der Waals surface area contributed by atoms with Crippen LogP contribution in [0.1, 0.15) is 16.1 Å². The SMILES string of the molecule is CNC(=O)c1ccc(-c2nc3cc(Cl)ccn3c2C[C@H]2CN(C(=O)COC)CCO2)c(P)c1. The zero-order chi connectivity index (χ0) is 23.5. The smallest absolute Gasteiger partial charge is 0.251 e. The number of halogens is 1. The van der Waals surface area contributed by atoms with Crippen molar-refractivity contribution >= 4 is 43.6 Å². The van der Waals surface area contributed by atoms with Crippen molar-refractivity contribution in [2.45, 2.75) is 12.5 Å². The fourth-order valence-corrected chi connectivity index (χ4v) is 4.61. The number of methoxy groups -OCH3 is 1. The van der Waals surface area contributed by atoms with Crippen LogP contribution in [0.3, 0.4) is 0 Å². The van der Waals surface area contributed by atoms with E-state index in [2.05, 4.69) is 14.6 Å². The lowest BCUT2D eigenvalue weighted by Crippen LogP contribution is -2.47. The van der Waals surface area contributed by atoms with E-state index in [0.29, 0.717) is 36.7 Å². The molecule has 1 aromatic carbocycles. The minimum atomic E-state index is -0.188. The third-order valence-corrected chi connectivity index (χ3v) is 6.38. The average molecular weight is 489 g/mol. The van der Waals surface area contributed by atoms with Crippen LogP contribution < -0.4 is 10.6 Å². The fourth-order valence-electron chi connectivity index (χ4n) is 4.05. The van der Waals surface area contributed by atoms with E-state index in [1.54, 1.807) is 18.0 Å². The van der Waals surface area contributed by atoms with Crippen LogP contribution in [0.2, 0.25) is 5.02 Å². The van der Waals surface area contributed by atoms with Crippen LogP contribution in [0.4, 0.5) is 0 Å². The normalized spacial score (nSPS) is 16.2. The minimum Gasteiger partial charge on any atom is -0.375 e. The van der Waals surface area contributed by atoms with Gasteiger partial charge in [-0.3, -0.25) is 9.59 Å². The summed E-state index contributed by atoms with van der Waals surface area (Å²) >= 11 is 6.22. The van der Waals surface area contributed by atoms with Gasteiger partial charge >= 0.3 is 0 Å². The van der Waals surface area contributed by atoms with Gasteiger partial charge in [0.15, 0.2) is 0 Å². The van der Waals surface area contributed by atoms with Crippen LogP contribution in [0.15, 0.2) is 36.5 Å². The Hall–Kier alpha value is -2.51. The van der Waals surface area contributed by atoms with Crippen LogP contribution in [-0.4, -0.2) is 72.7 Å². The molecule has 0 aliphatic carbocycles. The lowest BCUT2D eigenvalue weighted by Gasteiger charge is -2.33. The number of fused-ring (bicyclic) bond motifs is 1. The van der Waals surface area contributed by atoms with E-state index >= 15 is 0 Å². The molecule has 2 amide bonds. The molecule has 8 nitrogen and oxygen atoms in total. The lowest BCUT2D eigenvalue weighted by atomic mass is 10.0. The Morgan fingerprint density at radius 3 is 2.88 bits per heavy atom. The van der Waals surface area contributed by atoms with Crippen molar-refractivity contribution in [3.05, 3.63) is 52.8 Å². The van der Waals surface area contributed by atoms with Crippen molar-refractivity contribution in [1.29, 1.82) is 0 Å². The number of carbonyl (C=O) groups excluding carboxylic acids is 2. The number of carbonyl (C=O) groups is 2. The summed E-state index contributed by atoms with van der Waals surface area (Å²) in [5.74, 6) is -0.198. The van der Waals surface area contributed by atoms with Gasteiger partial charge in [0.05, 0.1) is 24.1 Å². The molecular formula is C23H26ClN4O4P. The van der Waals surface area contributed by atoms with Gasteiger partial charge < -0.3 is 24.1 Å². The summed E-state index contributed by atoms with van der Waals surface area (Å²) in [6.07, 6.45) is 2.25. The third kappa shape index (κ3) is 5.04. The molecule has 0 bridgehead atoms. The van der Waals surface area contributed by atoms with Gasteiger partial charge in [-0.05, 0) is 23.5 Å². The molecule has 4 rings (SSSR count). The molecule has 33 heavy (non-hydrogen) atoms. The number of nitrogens with one attached hydrogen (secondary N) is 1. The van der Waals surface area contributed by atoms with Crippen LogP contribution >= 0.6 is 20.8 Å². The molecule has 2 atom stereocenters. The molecule has 1 aliphatic heterocycles. The van der Waals surface area contributed by atoms with Crippen molar-refractivity contribution in [1.82, 2.24) is 19.6 Å². The maximum Gasteiger partial charge on any atom is 0.251 e. The van der Waals surface area contributed by atoms with Gasteiger partial charge in [-0.1, -0.05) is 17.7 Å². The molecule has 10 heteroatoms. The predicted molar refractivity (Wildman–Crippen MR) is 130 cm³/mol. The minimum absolute atomic E-state index is 0.0482. The number of rotatable bonds is 6. The summed E-state index contributed by atoms with van der Waals surface area (Å²) in [6.45, 7) is 1.55. The van der Waals surface area contributed by atoms with Crippen LogP contribution in [0, 0.1) is 0 Å². The van der Waals surface area contributed by atoms with E-state index in [-0.39, 0.29) is 24.5 Å². The summed E-state index contributed by atoms with van der Waals surface area (Å²) in [7, 11) is 5.81. The molecule has 1 fully saturated rings. The number of aromatic nitrogens is 2. The number of nitrogens with zero attached hydrogens (tertiary/aromatic N) is 3. The molecule has 1 N–H and O–H groups in total. The highest BCUT2D eigenvalue weighted by Crippen LogP contribution is 2.28. The Kier molecular flexibility index (Phi) is 7.29. The van der Waals surface area contributed by atoms with Gasteiger partial charge in [0.25, 0.3) is 5.91 Å². The Labute approximate surface area is 199 Å². The first-order chi connectivity index (χ1) is 15.9. The Balaban J connectivity index is 1.71. The van der Waals surface area contributed by atoms with Crippen molar-refractivity contribution in [3.63, 3.8) is 0 Å². The number of hydrogen-bond donors (Lipinski definition) is 1. The van der Waals surface area contributed by atoms with Gasteiger partial charge in [-0.15, -0.1) is 9.24 Å². The average Bonchev–Trinajstić information content (AvgIpc) is 3.15. The number of benzene rings is 1. The summed E-state index contributed by atoms with van der Waals surface area (Å²) in [6, 6.07) is 9.13. The molecule has 1 saturated heterocycles. The Morgan fingerprint density at radius 2 is 2.15 bits per heavy atom. The molecule has 0 saturated carbocycles. The van der Waals surface area contributed by atoms with Crippen molar-refractivity contribution in [2.24, 2.45) is 0 Å². The number of hydrogen-bond acceptors (Lipinski definition) is 5. The second-order valence-corrected chi connectivity index (χ2v) is 8.89. The molecule has 1 unspecified atom stereocenters. The summed E-state index contributed by atoms with van der Waals surface area (Å²) in [5.41, 5.74) is 3.92. The van der Waals surface area contributed by atoms with E-state index in [9.17, 15) is 9.59 Å². The molecular weight excluding hydrogens is 463 g/mol. The predicted octanol–water partition coefficient (Wildman–Crippen LogP) is 1.93. The topological polar surface area (TPSA) is 85.2 Å². The molecule has 3 heterocycles. The van der Waals surface area contributed by atoms with Crippen LogP contribution in [-0.2, 0) is 20.7 Å². The monoisotopic (exact) mass is 488 g/mol. The third-order valence-electron chi connectivity index (χ3n) is 5.66. The maximum absolute atomic E-state index is 12.3. The summed E-state index contributed by atoms with van der Waals surface area (Å²) in [4.78, 5) is 31.0. The number of morpholine rings is 1. The van der Waals surface area contributed by atoms with Crippen molar-refractivity contribution in [2.75, 3.05) is 40.5 Å².